The van der Waals surface area contributed by atoms with Crippen LogP contribution in [0.25, 0.3) is 0 Å². The first-order valence-electron chi connectivity index (χ1n) is 16.2. The molecule has 3 amide bonds. The monoisotopic (exact) mass is 637 g/mol. The molecule has 3 aliphatic rings. The van der Waals surface area contributed by atoms with Gasteiger partial charge in [0.1, 0.15) is 24.2 Å². The van der Waals surface area contributed by atoms with E-state index in [0.29, 0.717) is 48.1 Å². The summed E-state index contributed by atoms with van der Waals surface area (Å²) in [6.07, 6.45) is 0.525. The molecule has 2 saturated heterocycles. The zero-order valence-corrected chi connectivity index (χ0v) is 27.1. The van der Waals surface area contributed by atoms with E-state index in [1.54, 1.807) is 24.3 Å². The second-order valence-corrected chi connectivity index (χ2v) is 13.5. The van der Waals surface area contributed by atoms with Gasteiger partial charge in [-0.15, -0.1) is 0 Å². The number of anilines is 1. The second-order valence-electron chi connectivity index (χ2n) is 13.5. The van der Waals surface area contributed by atoms with E-state index in [-0.39, 0.29) is 36.0 Å². The molecule has 0 aliphatic carbocycles. The third-order valence-corrected chi connectivity index (χ3v) is 10.00. The Hall–Kier alpha value is -4.75. The van der Waals surface area contributed by atoms with Gasteiger partial charge < -0.3 is 14.5 Å². The predicted molar refractivity (Wildman–Crippen MR) is 175 cm³/mol. The summed E-state index contributed by atoms with van der Waals surface area (Å²) in [6, 6.07) is 19.8. The number of nitriles is 1. The number of imide groups is 1. The topological polar surface area (TPSA) is 106 Å². The van der Waals surface area contributed by atoms with Gasteiger partial charge in [0, 0.05) is 55.7 Å². The van der Waals surface area contributed by atoms with Gasteiger partial charge in [0.2, 0.25) is 11.8 Å². The molecule has 3 heterocycles. The average Bonchev–Trinajstić information content (AvgIpc) is 3.28. The SMILES string of the molecule is CC(C)C1(C)CN(Cc2ccc(COc3cccc4c3CN(C3CCC(=O)NC3=O)C4=O)cc2)CCN(c2ccc(C#N)cc2F)C1. The van der Waals surface area contributed by atoms with E-state index in [1.807, 2.05) is 12.1 Å². The van der Waals surface area contributed by atoms with Crippen molar-refractivity contribution in [1.82, 2.24) is 15.1 Å². The van der Waals surface area contributed by atoms with Crippen LogP contribution >= 0.6 is 0 Å². The molecule has 6 rings (SSSR count). The number of fused-ring (bicyclic) bond motifs is 1. The highest BCUT2D eigenvalue weighted by molar-refractivity contribution is 6.05. The maximum atomic E-state index is 15.0. The maximum absolute atomic E-state index is 15.0. The van der Waals surface area contributed by atoms with Crippen molar-refractivity contribution in [3.8, 4) is 11.8 Å². The smallest absolute Gasteiger partial charge is 0.255 e. The van der Waals surface area contributed by atoms with Crippen molar-refractivity contribution in [1.29, 1.82) is 5.26 Å². The van der Waals surface area contributed by atoms with E-state index in [9.17, 15) is 14.4 Å². The largest absolute Gasteiger partial charge is 0.489 e. The van der Waals surface area contributed by atoms with E-state index in [4.69, 9.17) is 10.00 Å². The number of rotatable bonds is 8. The summed E-state index contributed by atoms with van der Waals surface area (Å²) in [7, 11) is 0. The molecule has 0 spiro atoms. The first-order valence-corrected chi connectivity index (χ1v) is 16.2. The number of nitrogens with zero attached hydrogens (tertiary/aromatic N) is 4. The molecular weight excluding hydrogens is 597 g/mol. The quantitative estimate of drug-likeness (QED) is 0.346. The van der Waals surface area contributed by atoms with Gasteiger partial charge in [-0.2, -0.15) is 5.26 Å². The Morgan fingerprint density at radius 1 is 1.04 bits per heavy atom. The molecule has 47 heavy (non-hydrogen) atoms. The normalized spacial score (nSPS) is 21.8. The Morgan fingerprint density at radius 3 is 2.51 bits per heavy atom. The number of carbonyl (C=O) groups is 3. The molecule has 0 aromatic heterocycles. The first kappa shape index (κ1) is 32.2. The third-order valence-electron chi connectivity index (χ3n) is 10.00. The molecule has 2 unspecified atom stereocenters. The van der Waals surface area contributed by atoms with E-state index in [0.717, 1.165) is 37.3 Å². The van der Waals surface area contributed by atoms with E-state index in [1.165, 1.54) is 16.5 Å². The van der Waals surface area contributed by atoms with Gasteiger partial charge in [0.05, 0.1) is 23.9 Å². The number of benzene rings is 3. The molecule has 0 saturated carbocycles. The highest BCUT2D eigenvalue weighted by Gasteiger charge is 2.40. The second kappa shape index (κ2) is 13.2. The Morgan fingerprint density at radius 2 is 1.81 bits per heavy atom. The van der Waals surface area contributed by atoms with Gasteiger partial charge in [-0.3, -0.25) is 24.6 Å². The van der Waals surface area contributed by atoms with Crippen molar-refractivity contribution >= 4 is 23.4 Å². The van der Waals surface area contributed by atoms with Crippen molar-refractivity contribution < 1.29 is 23.5 Å². The van der Waals surface area contributed by atoms with Crippen LogP contribution < -0.4 is 15.0 Å². The van der Waals surface area contributed by atoms with E-state index >= 15 is 4.39 Å². The molecule has 10 heteroatoms. The third kappa shape index (κ3) is 6.72. The van der Waals surface area contributed by atoms with Crippen molar-refractivity contribution in [3.63, 3.8) is 0 Å². The standard InChI is InChI=1S/C37H40FN5O4/c1-24(2)37(3)22-41(15-16-42(23-37)31-12-11-27(18-39)17-30(31)38)19-25-7-9-26(10-8-25)21-47-33-6-4-5-28-29(33)20-43(36(28)46)32-13-14-34(44)40-35(32)45/h4-12,17,24,32H,13-16,19-23H2,1-3H3,(H,40,44,45). The minimum absolute atomic E-state index is 0.0737. The van der Waals surface area contributed by atoms with Gasteiger partial charge in [-0.25, -0.2) is 4.39 Å². The molecule has 3 aromatic rings. The van der Waals surface area contributed by atoms with Crippen LogP contribution in [0.3, 0.4) is 0 Å². The molecule has 0 bridgehead atoms. The lowest BCUT2D eigenvalue weighted by atomic mass is 9.78. The van der Waals surface area contributed by atoms with Crippen LogP contribution in [0.1, 0.15) is 66.2 Å². The minimum atomic E-state index is -0.671. The van der Waals surface area contributed by atoms with Crippen molar-refractivity contribution in [3.05, 3.63) is 94.3 Å². The van der Waals surface area contributed by atoms with Crippen LogP contribution in [-0.4, -0.2) is 59.7 Å². The highest BCUT2D eigenvalue weighted by Crippen LogP contribution is 2.36. The number of hydrogen-bond acceptors (Lipinski definition) is 7. The summed E-state index contributed by atoms with van der Waals surface area (Å²) in [5, 5.41) is 11.5. The van der Waals surface area contributed by atoms with Crippen LogP contribution in [0.15, 0.2) is 60.7 Å². The van der Waals surface area contributed by atoms with Crippen molar-refractivity contribution in [2.45, 2.75) is 59.4 Å². The molecule has 3 aliphatic heterocycles. The van der Waals surface area contributed by atoms with Gasteiger partial charge in [-0.05, 0) is 53.8 Å². The molecule has 244 valence electrons. The number of carbonyl (C=O) groups excluding carboxylic acids is 3. The Bertz CT molecular complexity index is 1740. The summed E-state index contributed by atoms with van der Waals surface area (Å²) in [5.74, 6) is -0.352. The first-order chi connectivity index (χ1) is 22.5. The summed E-state index contributed by atoms with van der Waals surface area (Å²) in [4.78, 5) is 43.3. The molecule has 2 atom stereocenters. The molecule has 3 aromatic carbocycles. The summed E-state index contributed by atoms with van der Waals surface area (Å²) in [6.45, 7) is 11.1. The van der Waals surface area contributed by atoms with Gasteiger partial charge in [0.15, 0.2) is 0 Å². The molecule has 9 nitrogen and oxygen atoms in total. The summed E-state index contributed by atoms with van der Waals surface area (Å²) >= 11 is 0. The number of nitrogens with one attached hydrogen (secondary N) is 1. The fraction of sp³-hybridized carbons (Fsp3) is 0.405. The number of amides is 3. The zero-order chi connectivity index (χ0) is 33.3. The molecular formula is C37H40FN5O4. The number of piperidine rings is 1. The fourth-order valence-electron chi connectivity index (χ4n) is 6.81. The number of hydrogen-bond donors (Lipinski definition) is 1. The lowest BCUT2D eigenvalue weighted by Gasteiger charge is -2.38. The molecule has 1 N–H and O–H groups in total. The summed E-state index contributed by atoms with van der Waals surface area (Å²) < 4.78 is 21.2. The van der Waals surface area contributed by atoms with Crippen LogP contribution in [0, 0.1) is 28.5 Å². The lowest BCUT2D eigenvalue weighted by molar-refractivity contribution is -0.136. The highest BCUT2D eigenvalue weighted by atomic mass is 19.1. The van der Waals surface area contributed by atoms with Crippen LogP contribution in [0.2, 0.25) is 0 Å². The van der Waals surface area contributed by atoms with E-state index < -0.39 is 11.9 Å². The van der Waals surface area contributed by atoms with Gasteiger partial charge >= 0.3 is 0 Å². The number of halogens is 1. The summed E-state index contributed by atoms with van der Waals surface area (Å²) in [5.41, 5.74) is 4.22. The van der Waals surface area contributed by atoms with Crippen LogP contribution in [0.5, 0.6) is 5.75 Å². The van der Waals surface area contributed by atoms with Crippen LogP contribution in [-0.2, 0) is 29.3 Å². The van der Waals surface area contributed by atoms with Crippen molar-refractivity contribution in [2.24, 2.45) is 11.3 Å². The van der Waals surface area contributed by atoms with E-state index in [2.05, 4.69) is 60.2 Å². The van der Waals surface area contributed by atoms with Crippen molar-refractivity contribution in [2.75, 3.05) is 31.1 Å². The molecule has 2 fully saturated rings. The van der Waals surface area contributed by atoms with Gasteiger partial charge in [-0.1, -0.05) is 51.1 Å². The van der Waals surface area contributed by atoms with Gasteiger partial charge in [0.25, 0.3) is 5.91 Å². The maximum Gasteiger partial charge on any atom is 0.255 e. The fourth-order valence-corrected chi connectivity index (χ4v) is 6.81. The lowest BCUT2D eigenvalue weighted by Crippen LogP contribution is -2.52. The predicted octanol–water partition coefficient (Wildman–Crippen LogP) is 5.02. The molecule has 0 radical (unpaired) electrons. The van der Waals surface area contributed by atoms with Crippen LogP contribution in [0.4, 0.5) is 10.1 Å². The Labute approximate surface area is 274 Å². The minimum Gasteiger partial charge on any atom is -0.489 e. The Balaban J connectivity index is 1.09. The zero-order valence-electron chi connectivity index (χ0n) is 27.1. The number of ether oxygens (including phenoxy) is 1. The Kier molecular flexibility index (Phi) is 9.02. The average molecular weight is 638 g/mol.